The quantitative estimate of drug-likeness (QED) is 0.848. The monoisotopic (exact) mass is 228 g/mol. The number of aromatic hydroxyl groups is 1. The van der Waals surface area contributed by atoms with Crippen LogP contribution in [0.25, 0.3) is 0 Å². The number of ether oxygens (including phenoxy) is 1. The third kappa shape index (κ3) is 3.00. The van der Waals surface area contributed by atoms with Crippen molar-refractivity contribution in [1.82, 2.24) is 0 Å². The van der Waals surface area contributed by atoms with E-state index in [1.807, 2.05) is 24.3 Å². The molecule has 0 aliphatic heterocycles. The molecule has 2 aromatic carbocycles. The Bertz CT molecular complexity index is 504. The summed E-state index contributed by atoms with van der Waals surface area (Å²) >= 11 is 0. The van der Waals surface area contributed by atoms with E-state index in [9.17, 15) is 5.11 Å². The maximum Gasteiger partial charge on any atom is 0.131 e. The Labute approximate surface area is 101 Å². The standard InChI is InChI=1S/C15H16O2/c1-11(2)12-5-3-7-14(9-12)17-15-8-4-6-13(16)10-15/h3-11,16H,1-2H3. The van der Waals surface area contributed by atoms with Gasteiger partial charge in [-0.05, 0) is 35.7 Å². The summed E-state index contributed by atoms with van der Waals surface area (Å²) in [5.41, 5.74) is 1.24. The SMILES string of the molecule is CC(C)c1cccc(Oc2cccc(O)c2)c1. The summed E-state index contributed by atoms with van der Waals surface area (Å²) in [5.74, 6) is 2.12. The fourth-order valence-corrected chi connectivity index (χ4v) is 1.62. The molecule has 2 rings (SSSR count). The third-order valence-corrected chi connectivity index (χ3v) is 2.58. The first kappa shape index (κ1) is 11.5. The minimum absolute atomic E-state index is 0.211. The van der Waals surface area contributed by atoms with Crippen molar-refractivity contribution in [2.24, 2.45) is 0 Å². The van der Waals surface area contributed by atoms with Crippen molar-refractivity contribution < 1.29 is 9.84 Å². The molecule has 0 saturated carbocycles. The zero-order chi connectivity index (χ0) is 12.3. The van der Waals surface area contributed by atoms with E-state index >= 15 is 0 Å². The van der Waals surface area contributed by atoms with Crippen molar-refractivity contribution in [3.05, 3.63) is 54.1 Å². The van der Waals surface area contributed by atoms with E-state index in [2.05, 4.69) is 19.9 Å². The molecule has 2 aromatic rings. The Kier molecular flexibility index (Phi) is 3.33. The summed E-state index contributed by atoms with van der Waals surface area (Å²) in [7, 11) is 0. The molecule has 0 radical (unpaired) electrons. The number of phenolic OH excluding ortho intramolecular Hbond substituents is 1. The van der Waals surface area contributed by atoms with E-state index in [1.54, 1.807) is 18.2 Å². The van der Waals surface area contributed by atoms with Crippen LogP contribution in [0, 0.1) is 0 Å². The van der Waals surface area contributed by atoms with E-state index in [1.165, 1.54) is 5.56 Å². The van der Waals surface area contributed by atoms with Gasteiger partial charge in [-0.3, -0.25) is 0 Å². The highest BCUT2D eigenvalue weighted by atomic mass is 16.5. The molecule has 0 bridgehead atoms. The molecule has 2 heteroatoms. The van der Waals surface area contributed by atoms with Crippen LogP contribution < -0.4 is 4.74 Å². The molecule has 0 amide bonds. The Morgan fingerprint density at radius 2 is 1.59 bits per heavy atom. The predicted octanol–water partition coefficient (Wildman–Crippen LogP) is 4.31. The maximum absolute atomic E-state index is 9.35. The number of hydrogen-bond donors (Lipinski definition) is 1. The van der Waals surface area contributed by atoms with Crippen LogP contribution in [0.15, 0.2) is 48.5 Å². The van der Waals surface area contributed by atoms with Gasteiger partial charge in [0.25, 0.3) is 0 Å². The fraction of sp³-hybridized carbons (Fsp3) is 0.200. The number of rotatable bonds is 3. The molecular weight excluding hydrogens is 212 g/mol. The van der Waals surface area contributed by atoms with Crippen molar-refractivity contribution in [1.29, 1.82) is 0 Å². The highest BCUT2D eigenvalue weighted by molar-refractivity contribution is 5.37. The molecule has 0 aliphatic rings. The summed E-state index contributed by atoms with van der Waals surface area (Å²) in [4.78, 5) is 0. The van der Waals surface area contributed by atoms with Gasteiger partial charge in [0.05, 0.1) is 0 Å². The Hall–Kier alpha value is -1.96. The average molecular weight is 228 g/mol. The van der Waals surface area contributed by atoms with E-state index < -0.39 is 0 Å². The average Bonchev–Trinajstić information content (AvgIpc) is 2.29. The van der Waals surface area contributed by atoms with Crippen molar-refractivity contribution in [3.8, 4) is 17.2 Å². The minimum Gasteiger partial charge on any atom is -0.508 e. The molecular formula is C15H16O2. The van der Waals surface area contributed by atoms with E-state index in [0.717, 1.165) is 5.75 Å². The molecule has 0 atom stereocenters. The van der Waals surface area contributed by atoms with Gasteiger partial charge in [-0.1, -0.05) is 32.0 Å². The minimum atomic E-state index is 0.211. The summed E-state index contributed by atoms with van der Waals surface area (Å²) in [6.45, 7) is 4.29. The zero-order valence-electron chi connectivity index (χ0n) is 10.1. The molecule has 0 heterocycles. The van der Waals surface area contributed by atoms with Crippen LogP contribution in [0.3, 0.4) is 0 Å². The lowest BCUT2D eigenvalue weighted by Crippen LogP contribution is -1.89. The second kappa shape index (κ2) is 4.91. The van der Waals surface area contributed by atoms with Gasteiger partial charge in [-0.2, -0.15) is 0 Å². The molecule has 17 heavy (non-hydrogen) atoms. The molecule has 0 spiro atoms. The first-order chi connectivity index (χ1) is 8.15. The zero-order valence-corrected chi connectivity index (χ0v) is 10.1. The second-order valence-corrected chi connectivity index (χ2v) is 4.33. The van der Waals surface area contributed by atoms with Crippen molar-refractivity contribution >= 4 is 0 Å². The van der Waals surface area contributed by atoms with Gasteiger partial charge in [0.1, 0.15) is 17.2 Å². The lowest BCUT2D eigenvalue weighted by Gasteiger charge is -2.09. The van der Waals surface area contributed by atoms with Gasteiger partial charge < -0.3 is 9.84 Å². The van der Waals surface area contributed by atoms with E-state index in [0.29, 0.717) is 11.7 Å². The normalized spacial score (nSPS) is 10.5. The lowest BCUT2D eigenvalue weighted by molar-refractivity contribution is 0.455. The predicted molar refractivity (Wildman–Crippen MR) is 68.7 cm³/mol. The topological polar surface area (TPSA) is 29.5 Å². The Morgan fingerprint density at radius 1 is 0.941 bits per heavy atom. The Balaban J connectivity index is 2.21. The molecule has 0 fully saturated rings. The van der Waals surface area contributed by atoms with Gasteiger partial charge in [-0.25, -0.2) is 0 Å². The molecule has 0 saturated heterocycles. The highest BCUT2D eigenvalue weighted by Gasteiger charge is 2.02. The number of phenols is 1. The van der Waals surface area contributed by atoms with Gasteiger partial charge in [0, 0.05) is 6.07 Å². The van der Waals surface area contributed by atoms with Crippen molar-refractivity contribution in [2.45, 2.75) is 19.8 Å². The summed E-state index contributed by atoms with van der Waals surface area (Å²) in [6, 6.07) is 14.8. The van der Waals surface area contributed by atoms with Crippen LogP contribution in [0.5, 0.6) is 17.2 Å². The molecule has 1 N–H and O–H groups in total. The van der Waals surface area contributed by atoms with E-state index in [-0.39, 0.29) is 5.75 Å². The molecule has 2 nitrogen and oxygen atoms in total. The van der Waals surface area contributed by atoms with Gasteiger partial charge in [0.15, 0.2) is 0 Å². The maximum atomic E-state index is 9.35. The van der Waals surface area contributed by atoms with Crippen LogP contribution in [-0.2, 0) is 0 Å². The third-order valence-electron chi connectivity index (χ3n) is 2.58. The molecule has 0 aliphatic carbocycles. The van der Waals surface area contributed by atoms with Crippen LogP contribution in [0.1, 0.15) is 25.3 Å². The first-order valence-corrected chi connectivity index (χ1v) is 5.72. The first-order valence-electron chi connectivity index (χ1n) is 5.72. The van der Waals surface area contributed by atoms with Gasteiger partial charge in [-0.15, -0.1) is 0 Å². The van der Waals surface area contributed by atoms with Crippen LogP contribution in [0.4, 0.5) is 0 Å². The molecule has 0 unspecified atom stereocenters. The van der Waals surface area contributed by atoms with E-state index in [4.69, 9.17) is 4.74 Å². The Morgan fingerprint density at radius 3 is 2.24 bits per heavy atom. The fourth-order valence-electron chi connectivity index (χ4n) is 1.62. The second-order valence-electron chi connectivity index (χ2n) is 4.33. The number of benzene rings is 2. The summed E-state index contributed by atoms with van der Waals surface area (Å²) in [5, 5.41) is 9.35. The summed E-state index contributed by atoms with van der Waals surface area (Å²) < 4.78 is 5.69. The molecule has 88 valence electrons. The van der Waals surface area contributed by atoms with Crippen LogP contribution in [0.2, 0.25) is 0 Å². The van der Waals surface area contributed by atoms with Crippen LogP contribution in [-0.4, -0.2) is 5.11 Å². The van der Waals surface area contributed by atoms with Gasteiger partial charge >= 0.3 is 0 Å². The molecule has 0 aromatic heterocycles. The van der Waals surface area contributed by atoms with Crippen LogP contribution >= 0.6 is 0 Å². The number of hydrogen-bond acceptors (Lipinski definition) is 2. The van der Waals surface area contributed by atoms with Crippen molar-refractivity contribution in [2.75, 3.05) is 0 Å². The van der Waals surface area contributed by atoms with Crippen molar-refractivity contribution in [3.63, 3.8) is 0 Å². The van der Waals surface area contributed by atoms with Gasteiger partial charge in [0.2, 0.25) is 0 Å². The summed E-state index contributed by atoms with van der Waals surface area (Å²) in [6.07, 6.45) is 0. The highest BCUT2D eigenvalue weighted by Crippen LogP contribution is 2.26. The lowest BCUT2D eigenvalue weighted by atomic mass is 10.0. The largest absolute Gasteiger partial charge is 0.508 e. The smallest absolute Gasteiger partial charge is 0.131 e.